The van der Waals surface area contributed by atoms with Crippen LogP contribution in [0, 0.1) is 12.8 Å². The number of aryl methyl sites for hydroxylation is 1. The molecule has 1 unspecified atom stereocenters. The van der Waals surface area contributed by atoms with E-state index in [1.807, 2.05) is 6.20 Å². The molecule has 1 heterocycles. The Kier molecular flexibility index (Phi) is 12.9. The molecule has 22 heavy (non-hydrogen) atoms. The molecule has 0 saturated carbocycles. The third-order valence-electron chi connectivity index (χ3n) is 3.49. The lowest BCUT2D eigenvalue weighted by atomic mass is 9.99. The molecule has 0 aliphatic heterocycles. The van der Waals surface area contributed by atoms with Crippen molar-refractivity contribution >= 4 is 41.3 Å². The molecule has 0 fully saturated rings. The van der Waals surface area contributed by atoms with Crippen molar-refractivity contribution in [2.24, 2.45) is 10.9 Å². The van der Waals surface area contributed by atoms with Gasteiger partial charge in [-0.05, 0) is 26.2 Å². The Labute approximate surface area is 156 Å². The van der Waals surface area contributed by atoms with E-state index in [0.717, 1.165) is 30.0 Å². The molecule has 0 saturated heterocycles. The fourth-order valence-electron chi connectivity index (χ4n) is 2.15. The van der Waals surface area contributed by atoms with E-state index in [1.165, 1.54) is 30.6 Å². The maximum Gasteiger partial charge on any atom is 0.191 e. The molecule has 128 valence electrons. The van der Waals surface area contributed by atoms with E-state index in [0.29, 0.717) is 6.54 Å². The molecule has 1 atom stereocenters. The lowest BCUT2D eigenvalue weighted by Gasteiger charge is -2.17. The third-order valence-corrected chi connectivity index (χ3v) is 4.38. The van der Waals surface area contributed by atoms with Crippen molar-refractivity contribution in [1.29, 1.82) is 0 Å². The number of nitrogens with one attached hydrogen (secondary N) is 2. The monoisotopic (exact) mass is 438 g/mol. The standard InChI is InChI=1S/C16H30N4S.HI/c1-5-8-9-14(6-2)11-19-16(17-7-3)20-12-15-18-10-13(4)21-15;/h10,14H,5-9,11-12H2,1-4H3,(H2,17,19,20);1H. The second-order valence-electron chi connectivity index (χ2n) is 5.36. The van der Waals surface area contributed by atoms with Crippen molar-refractivity contribution in [3.8, 4) is 0 Å². The summed E-state index contributed by atoms with van der Waals surface area (Å²) in [6.07, 6.45) is 7.01. The van der Waals surface area contributed by atoms with Gasteiger partial charge in [-0.15, -0.1) is 35.3 Å². The van der Waals surface area contributed by atoms with E-state index in [-0.39, 0.29) is 24.0 Å². The van der Waals surface area contributed by atoms with Crippen LogP contribution < -0.4 is 10.6 Å². The molecule has 0 bridgehead atoms. The summed E-state index contributed by atoms with van der Waals surface area (Å²) in [6.45, 7) is 11.2. The summed E-state index contributed by atoms with van der Waals surface area (Å²) in [5, 5.41) is 7.86. The van der Waals surface area contributed by atoms with Gasteiger partial charge in [0.15, 0.2) is 5.96 Å². The van der Waals surface area contributed by atoms with Gasteiger partial charge in [-0.3, -0.25) is 0 Å². The van der Waals surface area contributed by atoms with Gasteiger partial charge in [0.25, 0.3) is 0 Å². The Bertz CT molecular complexity index is 420. The summed E-state index contributed by atoms with van der Waals surface area (Å²) in [5.41, 5.74) is 0. The molecule has 2 N–H and O–H groups in total. The Balaban J connectivity index is 0.00000441. The summed E-state index contributed by atoms with van der Waals surface area (Å²) in [5.74, 6) is 1.64. The minimum absolute atomic E-state index is 0. The minimum Gasteiger partial charge on any atom is -0.357 e. The maximum absolute atomic E-state index is 4.63. The van der Waals surface area contributed by atoms with E-state index < -0.39 is 0 Å². The van der Waals surface area contributed by atoms with Crippen LogP contribution in [-0.2, 0) is 6.54 Å². The number of hydrogen-bond donors (Lipinski definition) is 2. The first-order valence-electron chi connectivity index (χ1n) is 8.13. The lowest BCUT2D eigenvalue weighted by Crippen LogP contribution is -2.39. The highest BCUT2D eigenvalue weighted by Gasteiger charge is 2.07. The Morgan fingerprint density at radius 2 is 2.09 bits per heavy atom. The number of aromatic nitrogens is 1. The highest BCUT2D eigenvalue weighted by atomic mass is 127. The van der Waals surface area contributed by atoms with Gasteiger partial charge in [-0.25, -0.2) is 9.98 Å². The number of guanidine groups is 1. The molecule has 0 spiro atoms. The van der Waals surface area contributed by atoms with Crippen LogP contribution in [0.5, 0.6) is 0 Å². The first kappa shape index (κ1) is 21.6. The lowest BCUT2D eigenvalue weighted by molar-refractivity contribution is 0.443. The van der Waals surface area contributed by atoms with Gasteiger partial charge in [0.05, 0.1) is 6.54 Å². The first-order valence-corrected chi connectivity index (χ1v) is 8.94. The summed E-state index contributed by atoms with van der Waals surface area (Å²) >= 11 is 1.71. The van der Waals surface area contributed by atoms with E-state index in [9.17, 15) is 0 Å². The molecule has 4 nitrogen and oxygen atoms in total. The second-order valence-corrected chi connectivity index (χ2v) is 6.68. The van der Waals surface area contributed by atoms with Crippen molar-refractivity contribution in [1.82, 2.24) is 15.6 Å². The largest absolute Gasteiger partial charge is 0.357 e. The topological polar surface area (TPSA) is 49.3 Å². The van der Waals surface area contributed by atoms with Crippen LogP contribution >= 0.6 is 35.3 Å². The number of rotatable bonds is 9. The fourth-order valence-corrected chi connectivity index (χ4v) is 2.86. The van der Waals surface area contributed by atoms with E-state index >= 15 is 0 Å². The SMILES string of the molecule is CCCCC(CC)CNC(=NCc1ncc(C)s1)NCC.I. The van der Waals surface area contributed by atoms with Crippen molar-refractivity contribution < 1.29 is 0 Å². The molecule has 1 aromatic heterocycles. The summed E-state index contributed by atoms with van der Waals surface area (Å²) in [7, 11) is 0. The highest BCUT2D eigenvalue weighted by Crippen LogP contribution is 2.12. The summed E-state index contributed by atoms with van der Waals surface area (Å²) < 4.78 is 0. The third kappa shape index (κ3) is 8.92. The number of unbranched alkanes of at least 4 members (excludes halogenated alkanes) is 1. The van der Waals surface area contributed by atoms with Crippen LogP contribution in [-0.4, -0.2) is 24.0 Å². The zero-order valence-electron chi connectivity index (χ0n) is 14.3. The Morgan fingerprint density at radius 1 is 1.32 bits per heavy atom. The Hall–Kier alpha value is -0.370. The molecule has 0 amide bonds. The van der Waals surface area contributed by atoms with Gasteiger partial charge in [0.2, 0.25) is 0 Å². The van der Waals surface area contributed by atoms with Crippen LogP contribution in [0.25, 0.3) is 0 Å². The van der Waals surface area contributed by atoms with E-state index in [1.54, 1.807) is 11.3 Å². The summed E-state index contributed by atoms with van der Waals surface area (Å²) in [6, 6.07) is 0. The van der Waals surface area contributed by atoms with Gasteiger partial charge in [0, 0.05) is 24.2 Å². The van der Waals surface area contributed by atoms with Gasteiger partial charge in [-0.2, -0.15) is 0 Å². The minimum atomic E-state index is 0. The normalized spacial score (nSPS) is 12.6. The zero-order chi connectivity index (χ0) is 15.5. The van der Waals surface area contributed by atoms with Crippen LogP contribution in [0.3, 0.4) is 0 Å². The van der Waals surface area contributed by atoms with Crippen molar-refractivity contribution in [2.75, 3.05) is 13.1 Å². The van der Waals surface area contributed by atoms with Crippen LogP contribution in [0.4, 0.5) is 0 Å². The molecule has 0 aliphatic carbocycles. The second kappa shape index (κ2) is 13.1. The highest BCUT2D eigenvalue weighted by molar-refractivity contribution is 14.0. The molecule has 0 aromatic carbocycles. The predicted molar refractivity (Wildman–Crippen MR) is 108 cm³/mol. The predicted octanol–water partition coefficient (Wildman–Crippen LogP) is 4.34. The van der Waals surface area contributed by atoms with Gasteiger partial charge in [-0.1, -0.05) is 33.1 Å². The number of thiazole rings is 1. The van der Waals surface area contributed by atoms with Crippen molar-refractivity contribution in [3.63, 3.8) is 0 Å². The maximum atomic E-state index is 4.63. The number of hydrogen-bond acceptors (Lipinski definition) is 3. The molecule has 1 rings (SSSR count). The molecular weight excluding hydrogens is 407 g/mol. The van der Waals surface area contributed by atoms with Crippen LogP contribution in [0.15, 0.2) is 11.2 Å². The van der Waals surface area contributed by atoms with Crippen LogP contribution in [0.1, 0.15) is 56.3 Å². The fraction of sp³-hybridized carbons (Fsp3) is 0.750. The molecule has 6 heteroatoms. The smallest absolute Gasteiger partial charge is 0.191 e. The Morgan fingerprint density at radius 3 is 2.64 bits per heavy atom. The molecule has 1 aromatic rings. The summed E-state index contributed by atoms with van der Waals surface area (Å²) in [4.78, 5) is 10.2. The van der Waals surface area contributed by atoms with E-state index in [4.69, 9.17) is 0 Å². The van der Waals surface area contributed by atoms with Crippen molar-refractivity contribution in [2.45, 2.75) is 59.9 Å². The van der Waals surface area contributed by atoms with Crippen molar-refractivity contribution in [3.05, 3.63) is 16.1 Å². The average Bonchev–Trinajstić information content (AvgIpc) is 2.90. The first-order chi connectivity index (χ1) is 10.2. The average molecular weight is 438 g/mol. The van der Waals surface area contributed by atoms with Gasteiger partial charge in [0.1, 0.15) is 5.01 Å². The number of halogens is 1. The van der Waals surface area contributed by atoms with Gasteiger partial charge < -0.3 is 10.6 Å². The van der Waals surface area contributed by atoms with E-state index in [2.05, 4.69) is 48.3 Å². The zero-order valence-corrected chi connectivity index (χ0v) is 17.5. The quantitative estimate of drug-likeness (QED) is 0.343. The number of aliphatic imine (C=N–C) groups is 1. The van der Waals surface area contributed by atoms with Gasteiger partial charge >= 0.3 is 0 Å². The molecular formula is C16H31IN4S. The molecule has 0 radical (unpaired) electrons. The number of nitrogens with zero attached hydrogens (tertiary/aromatic N) is 2. The van der Waals surface area contributed by atoms with Crippen LogP contribution in [0.2, 0.25) is 0 Å². The molecule has 0 aliphatic rings.